The summed E-state index contributed by atoms with van der Waals surface area (Å²) >= 11 is 0. The molecule has 0 heterocycles. The Morgan fingerprint density at radius 2 is 1.38 bits per heavy atom. The first-order valence-corrected chi connectivity index (χ1v) is 21.8. The number of benzene rings is 1. The van der Waals surface area contributed by atoms with Gasteiger partial charge in [0, 0.05) is 18.8 Å². The van der Waals surface area contributed by atoms with Gasteiger partial charge in [-0.15, -0.1) is 0 Å². The van der Waals surface area contributed by atoms with Crippen LogP contribution in [0, 0.1) is 0 Å². The van der Waals surface area contributed by atoms with Crippen molar-refractivity contribution in [2.75, 3.05) is 26.4 Å². The zero-order valence-electron chi connectivity index (χ0n) is 23.2. The highest BCUT2D eigenvalue weighted by Crippen LogP contribution is 2.25. The Bertz CT molecular complexity index is 723. The maximum absolute atomic E-state index is 12.7. The van der Waals surface area contributed by atoms with E-state index in [0.29, 0.717) is 32.0 Å². The van der Waals surface area contributed by atoms with E-state index in [1.165, 1.54) is 0 Å². The summed E-state index contributed by atoms with van der Waals surface area (Å²) in [4.78, 5) is 12.7. The summed E-state index contributed by atoms with van der Waals surface area (Å²) < 4.78 is 30.3. The molecule has 6 nitrogen and oxygen atoms in total. The fraction of sp³-hybridized carbons (Fsp3) is 0.720. The second kappa shape index (κ2) is 13.5. The Labute approximate surface area is 211 Å². The third-order valence-electron chi connectivity index (χ3n) is 4.79. The number of ketones is 1. The maximum atomic E-state index is 12.7. The molecule has 0 aliphatic rings. The highest BCUT2D eigenvalue weighted by molar-refractivity contribution is 6.87. The third-order valence-corrected chi connectivity index (χ3v) is 14.4. The molecule has 1 rings (SSSR count). The molecule has 0 saturated carbocycles. The van der Waals surface area contributed by atoms with Crippen LogP contribution in [0.5, 0.6) is 5.75 Å². The molecule has 0 aromatic heterocycles. The third kappa shape index (κ3) is 12.8. The Balaban J connectivity index is 2.40. The van der Waals surface area contributed by atoms with Crippen molar-refractivity contribution < 1.29 is 27.2 Å². The number of hydrogen-bond acceptors (Lipinski definition) is 6. The van der Waals surface area contributed by atoms with Crippen molar-refractivity contribution in [2.45, 2.75) is 91.1 Å². The van der Waals surface area contributed by atoms with Crippen LogP contribution in [0.4, 0.5) is 0 Å². The van der Waals surface area contributed by atoms with Crippen LogP contribution in [0.3, 0.4) is 0 Å². The number of carbonyl (C=O) groups excluding carboxylic acids is 1. The smallest absolute Gasteiger partial charge is 0.314 e. The van der Waals surface area contributed by atoms with Gasteiger partial charge >= 0.3 is 8.56 Å². The van der Waals surface area contributed by atoms with Crippen LogP contribution in [-0.4, -0.2) is 63.0 Å². The second-order valence-corrected chi connectivity index (χ2v) is 24.2. The van der Waals surface area contributed by atoms with Gasteiger partial charge in [0.2, 0.25) is 0 Å². The molecule has 0 aliphatic carbocycles. The van der Waals surface area contributed by atoms with Crippen molar-refractivity contribution in [1.82, 2.24) is 0 Å². The number of ether oxygens (including phenoxy) is 3. The molecule has 0 atom stereocenters. The molecule has 1 aromatic rings. The Morgan fingerprint density at radius 1 is 0.824 bits per heavy atom. The summed E-state index contributed by atoms with van der Waals surface area (Å²) in [6, 6.07) is 8.16. The predicted octanol–water partition coefficient (Wildman–Crippen LogP) is 6.64. The van der Waals surface area contributed by atoms with Gasteiger partial charge in [0.15, 0.2) is 22.4 Å². The summed E-state index contributed by atoms with van der Waals surface area (Å²) in [5.41, 5.74) is -0.205. The van der Waals surface area contributed by atoms with Crippen LogP contribution in [0.15, 0.2) is 24.3 Å². The molecule has 0 radical (unpaired) electrons. The van der Waals surface area contributed by atoms with Crippen molar-refractivity contribution in [3.63, 3.8) is 0 Å². The fourth-order valence-corrected chi connectivity index (χ4v) is 16.2. The molecular formula is C25H48O6Si3. The van der Waals surface area contributed by atoms with E-state index in [1.807, 2.05) is 32.9 Å². The monoisotopic (exact) mass is 528 g/mol. The highest BCUT2D eigenvalue weighted by Gasteiger charge is 2.39. The lowest BCUT2D eigenvalue weighted by Gasteiger charge is -2.38. The Kier molecular flexibility index (Phi) is 12.4. The maximum Gasteiger partial charge on any atom is 0.314 e. The first kappa shape index (κ1) is 31.2. The summed E-state index contributed by atoms with van der Waals surface area (Å²) in [5, 5.41) is 0. The molecule has 0 fully saturated rings. The van der Waals surface area contributed by atoms with Crippen LogP contribution in [0.1, 0.15) is 44.0 Å². The van der Waals surface area contributed by atoms with E-state index in [2.05, 4.69) is 45.8 Å². The summed E-state index contributed by atoms with van der Waals surface area (Å²) in [7, 11) is -5.54. The van der Waals surface area contributed by atoms with Crippen molar-refractivity contribution in [3.8, 4) is 5.75 Å². The molecule has 196 valence electrons. The van der Waals surface area contributed by atoms with Crippen molar-refractivity contribution in [2.24, 2.45) is 0 Å². The summed E-state index contributed by atoms with van der Waals surface area (Å²) in [5.74, 6) is 0.696. The first-order chi connectivity index (χ1) is 15.6. The van der Waals surface area contributed by atoms with Gasteiger partial charge in [-0.3, -0.25) is 4.79 Å². The lowest BCUT2D eigenvalue weighted by Crippen LogP contribution is -2.52. The van der Waals surface area contributed by atoms with E-state index in [1.54, 1.807) is 12.1 Å². The first-order valence-electron chi connectivity index (χ1n) is 12.5. The largest absolute Gasteiger partial charge is 0.491 e. The van der Waals surface area contributed by atoms with Gasteiger partial charge in [-0.25, -0.2) is 0 Å². The molecule has 0 aliphatic heterocycles. The lowest BCUT2D eigenvalue weighted by molar-refractivity contribution is -0.00414. The minimum atomic E-state index is -2.20. The van der Waals surface area contributed by atoms with Crippen LogP contribution >= 0.6 is 0 Å². The van der Waals surface area contributed by atoms with Crippen LogP contribution in [0.25, 0.3) is 0 Å². The topological polar surface area (TPSA) is 63.2 Å². The van der Waals surface area contributed by atoms with E-state index < -0.39 is 30.8 Å². The van der Waals surface area contributed by atoms with Gasteiger partial charge in [0.1, 0.15) is 18.0 Å². The van der Waals surface area contributed by atoms with E-state index in [0.717, 1.165) is 24.6 Å². The van der Waals surface area contributed by atoms with Crippen molar-refractivity contribution >= 4 is 31.0 Å². The van der Waals surface area contributed by atoms with E-state index in [-0.39, 0.29) is 5.78 Å². The quantitative estimate of drug-likeness (QED) is 0.128. The minimum absolute atomic E-state index is 0.0254. The van der Waals surface area contributed by atoms with Gasteiger partial charge in [-0.05, 0) is 103 Å². The Hall–Kier alpha value is -0.819. The molecule has 0 amide bonds. The van der Waals surface area contributed by atoms with Crippen LogP contribution in [0.2, 0.25) is 51.9 Å². The van der Waals surface area contributed by atoms with Gasteiger partial charge in [0.05, 0.1) is 6.61 Å². The van der Waals surface area contributed by atoms with Crippen LogP contribution in [-0.2, 0) is 17.7 Å². The standard InChI is InChI=1S/C25H48O6Si3/c1-11-17-29-25(2,3)24(26)22-13-15-23(16-14-22)28-20-19-27-18-12-21-34(10,30-32(4,5)6)31-33(7,8)9/h13-16H,11-12,17-21H2,1-10H3. The lowest BCUT2D eigenvalue weighted by atomic mass is 9.96. The molecule has 0 saturated heterocycles. The molecule has 0 spiro atoms. The van der Waals surface area contributed by atoms with Gasteiger partial charge in [-0.2, -0.15) is 0 Å². The Morgan fingerprint density at radius 3 is 1.88 bits per heavy atom. The van der Waals surface area contributed by atoms with E-state index in [9.17, 15) is 4.79 Å². The van der Waals surface area contributed by atoms with Crippen LogP contribution < -0.4 is 4.74 Å². The number of Topliss-reactive ketones (excluding diaryl/α,β-unsaturated/α-hetero) is 1. The average Bonchev–Trinajstić information content (AvgIpc) is 2.68. The van der Waals surface area contributed by atoms with Gasteiger partial charge < -0.3 is 22.4 Å². The van der Waals surface area contributed by atoms with Crippen molar-refractivity contribution in [3.05, 3.63) is 29.8 Å². The number of rotatable bonds is 17. The summed E-state index contributed by atoms with van der Waals surface area (Å²) in [6.07, 6.45) is 1.80. The van der Waals surface area contributed by atoms with Gasteiger partial charge in [0.25, 0.3) is 0 Å². The number of hydrogen-bond donors (Lipinski definition) is 0. The fourth-order valence-electron chi connectivity index (χ4n) is 3.71. The molecule has 9 heteroatoms. The predicted molar refractivity (Wildman–Crippen MR) is 147 cm³/mol. The highest BCUT2D eigenvalue weighted by atomic mass is 28.5. The molecule has 1 aromatic carbocycles. The van der Waals surface area contributed by atoms with Gasteiger partial charge in [-0.1, -0.05) is 6.92 Å². The van der Waals surface area contributed by atoms with Crippen molar-refractivity contribution in [1.29, 1.82) is 0 Å². The number of carbonyl (C=O) groups is 1. The molecule has 0 N–H and O–H groups in total. The normalized spacial score (nSPS) is 13.2. The summed E-state index contributed by atoms with van der Waals surface area (Å²) in [6.45, 7) is 23.4. The van der Waals surface area contributed by atoms with E-state index >= 15 is 0 Å². The zero-order chi connectivity index (χ0) is 26.0. The second-order valence-electron chi connectivity index (χ2n) is 11.3. The molecule has 0 bridgehead atoms. The molecule has 34 heavy (non-hydrogen) atoms. The van der Waals surface area contributed by atoms with E-state index in [4.69, 9.17) is 22.4 Å². The SMILES string of the molecule is CCCOC(C)(C)C(=O)c1ccc(OCCOCCC[Si](C)(O[Si](C)(C)C)O[Si](C)(C)C)cc1. The average molecular weight is 529 g/mol. The molecule has 0 unspecified atom stereocenters. The molecular weight excluding hydrogens is 481 g/mol. The zero-order valence-corrected chi connectivity index (χ0v) is 26.2. The minimum Gasteiger partial charge on any atom is -0.491 e.